The van der Waals surface area contributed by atoms with Gasteiger partial charge in [-0.3, -0.25) is 4.68 Å². The van der Waals surface area contributed by atoms with Crippen LogP contribution in [-0.2, 0) is 13.1 Å². The molecule has 1 N–H and O–H groups in total. The molecule has 0 aliphatic rings. The fourth-order valence-electron chi connectivity index (χ4n) is 2.12. The Bertz CT molecular complexity index is 606. The highest BCUT2D eigenvalue weighted by molar-refractivity contribution is 5.21. The second-order valence-corrected chi connectivity index (χ2v) is 5.69. The molecule has 0 saturated carbocycles. The molecular formula is C16H21F2N3. The van der Waals surface area contributed by atoms with E-state index in [9.17, 15) is 8.78 Å². The third-order valence-electron chi connectivity index (χ3n) is 3.39. The smallest absolute Gasteiger partial charge is 0.159 e. The SMILES string of the molecule is Cc1c(CNCC(C)C)cnn1Cc1ccc(F)c(F)c1. The van der Waals surface area contributed by atoms with Gasteiger partial charge in [-0.1, -0.05) is 19.9 Å². The van der Waals surface area contributed by atoms with Crippen LogP contribution in [0, 0.1) is 24.5 Å². The first-order chi connectivity index (χ1) is 9.97. The third-order valence-corrected chi connectivity index (χ3v) is 3.39. The Morgan fingerprint density at radius 3 is 2.67 bits per heavy atom. The Kier molecular flexibility index (Phi) is 5.07. The number of rotatable bonds is 6. The molecule has 2 rings (SSSR count). The maximum atomic E-state index is 13.2. The molecule has 0 saturated heterocycles. The molecule has 0 radical (unpaired) electrons. The summed E-state index contributed by atoms with van der Waals surface area (Å²) in [5.41, 5.74) is 2.86. The van der Waals surface area contributed by atoms with Gasteiger partial charge >= 0.3 is 0 Å². The lowest BCUT2D eigenvalue weighted by Gasteiger charge is -2.08. The molecule has 0 aliphatic carbocycles. The minimum atomic E-state index is -0.825. The average Bonchev–Trinajstić information content (AvgIpc) is 2.75. The van der Waals surface area contributed by atoms with Gasteiger partial charge in [-0.15, -0.1) is 0 Å². The van der Waals surface area contributed by atoms with Crippen molar-refractivity contribution in [3.8, 4) is 0 Å². The molecule has 21 heavy (non-hydrogen) atoms. The molecule has 0 atom stereocenters. The van der Waals surface area contributed by atoms with E-state index < -0.39 is 11.6 Å². The molecule has 1 aromatic carbocycles. The average molecular weight is 293 g/mol. The quantitative estimate of drug-likeness (QED) is 0.886. The Morgan fingerprint density at radius 2 is 2.00 bits per heavy atom. The summed E-state index contributed by atoms with van der Waals surface area (Å²) < 4.78 is 27.9. The molecule has 0 unspecified atom stereocenters. The summed E-state index contributed by atoms with van der Waals surface area (Å²) in [5, 5.41) is 7.69. The minimum absolute atomic E-state index is 0.438. The predicted octanol–water partition coefficient (Wildman–Crippen LogP) is 3.26. The Balaban J connectivity index is 2.04. The molecule has 0 spiro atoms. The lowest BCUT2D eigenvalue weighted by Crippen LogP contribution is -2.19. The van der Waals surface area contributed by atoms with Crippen molar-refractivity contribution in [1.82, 2.24) is 15.1 Å². The normalized spacial score (nSPS) is 11.3. The zero-order chi connectivity index (χ0) is 15.4. The van der Waals surface area contributed by atoms with Gasteiger partial charge < -0.3 is 5.32 Å². The van der Waals surface area contributed by atoms with E-state index in [1.54, 1.807) is 10.7 Å². The Labute approximate surface area is 124 Å². The van der Waals surface area contributed by atoms with Crippen LogP contribution in [0.2, 0.25) is 0 Å². The van der Waals surface area contributed by atoms with E-state index >= 15 is 0 Å². The van der Waals surface area contributed by atoms with Gasteiger partial charge in [-0.2, -0.15) is 5.10 Å². The van der Waals surface area contributed by atoms with Crippen molar-refractivity contribution in [3.63, 3.8) is 0 Å². The van der Waals surface area contributed by atoms with E-state index in [1.807, 2.05) is 13.1 Å². The number of nitrogens with zero attached hydrogens (tertiary/aromatic N) is 2. The van der Waals surface area contributed by atoms with Crippen LogP contribution in [0.25, 0.3) is 0 Å². The lowest BCUT2D eigenvalue weighted by atomic mass is 10.2. The molecule has 0 fully saturated rings. The fourth-order valence-corrected chi connectivity index (χ4v) is 2.12. The molecule has 1 heterocycles. The maximum absolute atomic E-state index is 13.2. The first-order valence-corrected chi connectivity index (χ1v) is 7.13. The van der Waals surface area contributed by atoms with Gasteiger partial charge in [0, 0.05) is 17.8 Å². The second-order valence-electron chi connectivity index (χ2n) is 5.69. The van der Waals surface area contributed by atoms with E-state index in [0.29, 0.717) is 18.0 Å². The number of hydrogen-bond acceptors (Lipinski definition) is 2. The van der Waals surface area contributed by atoms with Crippen molar-refractivity contribution in [3.05, 3.63) is 52.9 Å². The highest BCUT2D eigenvalue weighted by atomic mass is 19.2. The summed E-state index contributed by atoms with van der Waals surface area (Å²) in [7, 11) is 0. The van der Waals surface area contributed by atoms with Crippen molar-refractivity contribution in [1.29, 1.82) is 0 Å². The molecule has 2 aromatic rings. The van der Waals surface area contributed by atoms with Crippen LogP contribution in [0.4, 0.5) is 8.78 Å². The predicted molar refractivity (Wildman–Crippen MR) is 79.0 cm³/mol. The first-order valence-electron chi connectivity index (χ1n) is 7.13. The topological polar surface area (TPSA) is 29.9 Å². The van der Waals surface area contributed by atoms with E-state index in [0.717, 1.165) is 30.4 Å². The van der Waals surface area contributed by atoms with E-state index in [-0.39, 0.29) is 0 Å². The summed E-state index contributed by atoms with van der Waals surface area (Å²) in [6.07, 6.45) is 1.82. The molecule has 0 amide bonds. The number of halogens is 2. The van der Waals surface area contributed by atoms with Gasteiger partial charge in [0.05, 0.1) is 12.7 Å². The molecule has 0 bridgehead atoms. The van der Waals surface area contributed by atoms with Gasteiger partial charge in [0.25, 0.3) is 0 Å². The Morgan fingerprint density at radius 1 is 1.24 bits per heavy atom. The second kappa shape index (κ2) is 6.80. The highest BCUT2D eigenvalue weighted by Gasteiger charge is 2.08. The monoisotopic (exact) mass is 293 g/mol. The zero-order valence-electron chi connectivity index (χ0n) is 12.7. The third kappa shape index (κ3) is 4.11. The summed E-state index contributed by atoms with van der Waals surface area (Å²) in [6, 6.07) is 3.94. The van der Waals surface area contributed by atoms with Crippen molar-refractivity contribution < 1.29 is 8.78 Å². The number of aromatic nitrogens is 2. The van der Waals surface area contributed by atoms with Crippen LogP contribution in [-0.4, -0.2) is 16.3 Å². The summed E-state index contributed by atoms with van der Waals surface area (Å²) in [6.45, 7) is 8.46. The zero-order valence-corrected chi connectivity index (χ0v) is 12.7. The van der Waals surface area contributed by atoms with E-state index in [1.165, 1.54) is 6.07 Å². The van der Waals surface area contributed by atoms with Crippen molar-refractivity contribution in [2.75, 3.05) is 6.54 Å². The molecule has 3 nitrogen and oxygen atoms in total. The largest absolute Gasteiger partial charge is 0.312 e. The molecule has 1 aromatic heterocycles. The highest BCUT2D eigenvalue weighted by Crippen LogP contribution is 2.13. The minimum Gasteiger partial charge on any atom is -0.312 e. The number of benzene rings is 1. The molecular weight excluding hydrogens is 272 g/mol. The summed E-state index contributed by atoms with van der Waals surface area (Å²) >= 11 is 0. The number of hydrogen-bond donors (Lipinski definition) is 1. The van der Waals surface area contributed by atoms with Gasteiger partial charge in [0.15, 0.2) is 11.6 Å². The maximum Gasteiger partial charge on any atom is 0.159 e. The van der Waals surface area contributed by atoms with Crippen LogP contribution in [0.15, 0.2) is 24.4 Å². The molecule has 5 heteroatoms. The lowest BCUT2D eigenvalue weighted by molar-refractivity contribution is 0.505. The summed E-state index contributed by atoms with van der Waals surface area (Å²) in [5.74, 6) is -1.05. The van der Waals surface area contributed by atoms with Crippen molar-refractivity contribution >= 4 is 0 Å². The van der Waals surface area contributed by atoms with Gasteiger partial charge in [0.2, 0.25) is 0 Å². The van der Waals surface area contributed by atoms with E-state index in [4.69, 9.17) is 0 Å². The van der Waals surface area contributed by atoms with Crippen molar-refractivity contribution in [2.45, 2.75) is 33.9 Å². The van der Waals surface area contributed by atoms with Crippen LogP contribution < -0.4 is 5.32 Å². The summed E-state index contributed by atoms with van der Waals surface area (Å²) in [4.78, 5) is 0. The van der Waals surface area contributed by atoms with Gasteiger partial charge in [-0.25, -0.2) is 8.78 Å². The number of nitrogens with one attached hydrogen (secondary N) is 1. The first kappa shape index (κ1) is 15.6. The molecule has 114 valence electrons. The van der Waals surface area contributed by atoms with E-state index in [2.05, 4.69) is 24.3 Å². The fraction of sp³-hybridized carbons (Fsp3) is 0.438. The van der Waals surface area contributed by atoms with Crippen LogP contribution in [0.5, 0.6) is 0 Å². The standard InChI is InChI=1S/C16H21F2N3/c1-11(2)7-19-8-14-9-20-21(12(14)3)10-13-4-5-15(17)16(18)6-13/h4-6,9,11,19H,7-8,10H2,1-3H3. The van der Waals surface area contributed by atoms with Gasteiger partial charge in [0.1, 0.15) is 0 Å². The van der Waals surface area contributed by atoms with Gasteiger partial charge in [-0.05, 0) is 37.1 Å². The van der Waals surface area contributed by atoms with Crippen LogP contribution in [0.1, 0.15) is 30.7 Å². The van der Waals surface area contributed by atoms with Crippen molar-refractivity contribution in [2.24, 2.45) is 5.92 Å². The molecule has 0 aliphatic heterocycles. The van der Waals surface area contributed by atoms with Crippen LogP contribution >= 0.6 is 0 Å². The Hall–Kier alpha value is -1.75. The van der Waals surface area contributed by atoms with Crippen LogP contribution in [0.3, 0.4) is 0 Å².